The summed E-state index contributed by atoms with van der Waals surface area (Å²) in [4.78, 5) is 72.6. The number of fused-ring (bicyclic) bond motifs is 5. The summed E-state index contributed by atoms with van der Waals surface area (Å²) in [5.74, 6) is -3.48. The predicted octanol–water partition coefficient (Wildman–Crippen LogP) is 8.36. The second-order valence-corrected chi connectivity index (χ2v) is 29.9. The highest BCUT2D eigenvalue weighted by molar-refractivity contribution is 6.26. The summed E-state index contributed by atoms with van der Waals surface area (Å²) < 4.78 is 100. The van der Waals surface area contributed by atoms with Crippen molar-refractivity contribution in [3.63, 3.8) is 0 Å². The number of nitrogens with one attached hydrogen (secondary N) is 1. The number of Topliss-reactive ketones (excluding diaryl/α,β-unsaturated/α-hetero) is 2. The molecule has 35 heteroatoms. The number of hydrogen-bond donors (Lipinski definition) is 4. The van der Waals surface area contributed by atoms with Crippen molar-refractivity contribution < 1.29 is 129 Å². The monoisotopic (exact) mass is 1630 g/mol. The number of aliphatic hydroxyl groups excluding tert-OH is 3. The fourth-order valence-corrected chi connectivity index (χ4v) is 14.7. The number of carbonyl (C=O) groups excluding carboxylic acids is 6. The van der Waals surface area contributed by atoms with Gasteiger partial charge in [0.25, 0.3) is 18.9 Å². The molecule has 115 heavy (non-hydrogen) atoms. The lowest BCUT2D eigenvalue weighted by Gasteiger charge is -2.43. The van der Waals surface area contributed by atoms with Crippen LogP contribution in [-0.4, -0.2) is 244 Å². The van der Waals surface area contributed by atoms with Crippen LogP contribution in [0.5, 0.6) is 0 Å². The number of carbonyl (C=O) groups is 6. The Morgan fingerprint density at radius 3 is 1.70 bits per heavy atom. The molecule has 11 unspecified atom stereocenters. The first-order valence-electron chi connectivity index (χ1n) is 38.2. The minimum atomic E-state index is -1.26. The summed E-state index contributed by atoms with van der Waals surface area (Å²) in [6.07, 6.45) is -8.45. The van der Waals surface area contributed by atoms with E-state index in [2.05, 4.69) is 25.4 Å². The molecule has 8 saturated heterocycles. The van der Waals surface area contributed by atoms with E-state index in [0.717, 1.165) is 36.0 Å². The fourth-order valence-electron chi connectivity index (χ4n) is 14.6. The quantitative estimate of drug-likeness (QED) is 0.00556. The van der Waals surface area contributed by atoms with Gasteiger partial charge in [-0.25, -0.2) is 0 Å². The van der Waals surface area contributed by atoms with Gasteiger partial charge in [0.05, 0.1) is 87.3 Å². The van der Waals surface area contributed by atoms with Crippen molar-refractivity contribution in [3.05, 3.63) is 164 Å². The number of halogens is 1. The number of methoxy groups -OCH3 is 1. The van der Waals surface area contributed by atoms with Gasteiger partial charge in [0.2, 0.25) is 0 Å². The van der Waals surface area contributed by atoms with Crippen LogP contribution in [0.25, 0.3) is 20.9 Å². The normalized spacial score (nSPS) is 33.3. The van der Waals surface area contributed by atoms with Crippen LogP contribution >= 0.6 is 11.6 Å². The molecule has 4 bridgehead atoms. The lowest BCUT2D eigenvalue weighted by Crippen LogP contribution is -2.59. The molecule has 26 atom stereocenters. The van der Waals surface area contributed by atoms with Gasteiger partial charge < -0.3 is 101 Å². The largest absolute Gasteiger partial charge is 0.465 e. The zero-order chi connectivity index (χ0) is 83.4. The molecule has 34 nitrogen and oxygen atoms in total. The van der Waals surface area contributed by atoms with E-state index in [-0.39, 0.29) is 118 Å². The van der Waals surface area contributed by atoms with Crippen molar-refractivity contribution in [1.82, 2.24) is 5.32 Å². The van der Waals surface area contributed by atoms with E-state index in [0.29, 0.717) is 25.2 Å². The fraction of sp³-hybridized carbons (Fsp3) is 0.625. The Morgan fingerprint density at radius 2 is 1.17 bits per heavy atom. The molecule has 0 radical (unpaired) electrons. The Kier molecular flexibility index (Phi) is 37.0. The van der Waals surface area contributed by atoms with E-state index < -0.39 is 122 Å². The number of azide groups is 2. The van der Waals surface area contributed by atoms with Crippen LogP contribution in [0.4, 0.5) is 0 Å². The van der Waals surface area contributed by atoms with Crippen LogP contribution in [0.1, 0.15) is 116 Å². The van der Waals surface area contributed by atoms with Crippen molar-refractivity contribution in [3.8, 4) is 0 Å². The summed E-state index contributed by atoms with van der Waals surface area (Å²) in [6.45, 7) is 19.6. The van der Waals surface area contributed by atoms with E-state index in [9.17, 15) is 44.1 Å². The summed E-state index contributed by atoms with van der Waals surface area (Å²) in [6, 6.07) is 37.2. The molecule has 0 aromatic heterocycles. The second kappa shape index (κ2) is 45.9. The van der Waals surface area contributed by atoms with Crippen LogP contribution in [0.15, 0.2) is 132 Å². The predicted molar refractivity (Wildman–Crippen MR) is 407 cm³/mol. The summed E-state index contributed by atoms with van der Waals surface area (Å²) >= 11 is 5.49. The van der Waals surface area contributed by atoms with E-state index in [1.54, 1.807) is 33.1 Å². The molecule has 4 N–H and O–H groups in total. The molecule has 4 aromatic rings. The number of nitrogens with zero attached hydrogens (tertiary/aromatic N) is 6. The number of ether oxygens (including phenoxy) is 18. The second-order valence-electron chi connectivity index (χ2n) is 29.7. The summed E-state index contributed by atoms with van der Waals surface area (Å²) in [5, 5.41) is 41.0. The van der Waals surface area contributed by atoms with E-state index in [1.165, 1.54) is 13.8 Å². The molecular formula is C80H108ClN7O27. The molecule has 8 fully saturated rings. The van der Waals surface area contributed by atoms with Crippen molar-refractivity contribution >= 4 is 48.1 Å². The Bertz CT molecular complexity index is 3740. The smallest absolute Gasteiger partial charge is 0.321 e. The molecule has 12 rings (SSSR count). The van der Waals surface area contributed by atoms with Gasteiger partial charge >= 0.3 is 11.9 Å². The molecule has 8 aliphatic rings. The van der Waals surface area contributed by atoms with Crippen LogP contribution in [0.2, 0.25) is 0 Å². The highest BCUT2D eigenvalue weighted by Gasteiger charge is 2.58. The average molecular weight is 1640 g/mol. The highest BCUT2D eigenvalue weighted by atomic mass is 35.5. The zero-order valence-electron chi connectivity index (χ0n) is 66.3. The molecule has 632 valence electrons. The molecule has 0 saturated carbocycles. The van der Waals surface area contributed by atoms with Gasteiger partial charge in [0.1, 0.15) is 86.7 Å². The maximum atomic E-state index is 12.2. The Labute approximate surface area is 673 Å². The number of alkyl halides is 1. The third-order valence-electron chi connectivity index (χ3n) is 20.1. The maximum Gasteiger partial charge on any atom is 0.321 e. The zero-order valence-corrected chi connectivity index (χ0v) is 67.1. The van der Waals surface area contributed by atoms with Gasteiger partial charge in [0.15, 0.2) is 36.7 Å². The Balaban J connectivity index is 0.000000181. The number of aliphatic hydroxyl groups is 3. The van der Waals surface area contributed by atoms with Gasteiger partial charge in [0, 0.05) is 54.1 Å². The molecule has 0 aliphatic carbocycles. The number of hydrogen-bond acceptors (Lipinski definition) is 30. The minimum absolute atomic E-state index is 0.000165. The van der Waals surface area contributed by atoms with Crippen molar-refractivity contribution in [1.29, 1.82) is 0 Å². The van der Waals surface area contributed by atoms with E-state index >= 15 is 0 Å². The van der Waals surface area contributed by atoms with Gasteiger partial charge in [-0.3, -0.25) is 33.5 Å². The third kappa shape index (κ3) is 26.9. The average Bonchev–Trinajstić information content (AvgIpc) is 1.62. The van der Waals surface area contributed by atoms with Crippen LogP contribution in [0.3, 0.4) is 0 Å². The Hall–Kier alpha value is -7.71. The van der Waals surface area contributed by atoms with Gasteiger partial charge in [-0.1, -0.05) is 159 Å². The van der Waals surface area contributed by atoms with Crippen LogP contribution in [-0.2, 0) is 129 Å². The minimum Gasteiger partial charge on any atom is -0.465 e. The SMILES string of the molecule is CC(=O)CO[C@H]1C(C)[C@@H]2OC(C)(OC(C)(C)C)OC2O[C@H]1COC=O.CC(=O)OC1[C@H](N=[N+]=[N-])C2OC[C@@H](O2)[C@H]1O.CCC1O[C@H](OC)C(NCC(=O)c2ccccc2)[C@@H](C)[C@@H]1O.C[C@@H]1C(OCc2ccccc2)[C@H](O)OC(COC=O)[C@H]1OC(=O)CCl.[N-]=[N+]=N[C@@H]1C2CC[C@@H](O2)[C@@H](OCc2ccccc2)C1OCc1ccccc1. The van der Waals surface area contributed by atoms with Crippen LogP contribution < -0.4 is 5.32 Å². The molecule has 8 aliphatic heterocycles. The van der Waals surface area contributed by atoms with Crippen molar-refractivity contribution in [2.75, 3.05) is 46.0 Å². The van der Waals surface area contributed by atoms with Gasteiger partial charge in [-0.2, -0.15) is 0 Å². The first-order valence-corrected chi connectivity index (χ1v) is 38.7. The lowest BCUT2D eigenvalue weighted by atomic mass is 9.87. The molecule has 0 amide bonds. The molecule has 8 heterocycles. The summed E-state index contributed by atoms with van der Waals surface area (Å²) in [5.41, 5.74) is 20.8. The number of rotatable bonds is 30. The summed E-state index contributed by atoms with van der Waals surface area (Å²) in [7, 11) is 1.58. The molecule has 0 spiro atoms. The maximum absolute atomic E-state index is 12.2. The topological polar surface area (TPSA) is 439 Å². The van der Waals surface area contributed by atoms with E-state index in [1.807, 2.05) is 151 Å². The van der Waals surface area contributed by atoms with Crippen molar-refractivity contribution in [2.45, 2.75) is 255 Å². The number of ketones is 2. The Morgan fingerprint density at radius 1 is 0.617 bits per heavy atom. The number of esters is 2. The first kappa shape index (κ1) is 92.8. The first-order chi connectivity index (χ1) is 55.2. The molecular weight excluding hydrogens is 1530 g/mol. The lowest BCUT2D eigenvalue weighted by molar-refractivity contribution is -0.371. The van der Waals surface area contributed by atoms with Crippen LogP contribution in [0, 0.1) is 17.8 Å². The third-order valence-corrected chi connectivity index (χ3v) is 20.3. The highest BCUT2D eigenvalue weighted by Crippen LogP contribution is 2.44. The number of benzene rings is 4. The van der Waals surface area contributed by atoms with Crippen molar-refractivity contribution in [2.24, 2.45) is 28.0 Å². The molecule has 4 aromatic carbocycles. The standard InChI is InChI=1S/C21H23N3O3.C17H21ClO7.C17H25NO4.C17H28O8.C8H11N3O5/c22-24-23-19-17-11-12-18(27-17)20(25-13-15-7-3-1-4-8-15)21(19)26-14-16-9-5-2-6-10-16;1-11-15(25-14(20)7-18)13(9-22-10-19)24-17(21)16(11)23-8-12-5-3-2-4-6-12;1-4-14-16(20)11(2)15(17(21-3)22-14)18-10-13(19)12-8-6-5-7-9-12;1-10(19)7-21-13-11(2)14-15(22-12(13)8-20-9-18)24-17(6,23-14)25-16(3,4)5;1-3(12)15-7-5(10-11-9)8-14-2-4(16-8)6(7)13/h1-10,17-21H,11-14H2;2-6,10-11,13,15-17,21H,7-9H2,1H3;5-9,11,14-18,20H,4,10H2,1-3H3;9,11-15H,7-8H2,1-6H3;4-8,13H,2H2,1H3/t17?,18-,19-,20-,21?;11-,13?,15-,16?,17+;11-,14?,15?,16+,17+;11?,12-,13-,14-,15?,17?;4-,5+,6-,7?,8?/m10101/s1. The van der Waals surface area contributed by atoms with E-state index in [4.69, 9.17) is 108 Å². The van der Waals surface area contributed by atoms with Gasteiger partial charge in [-0.05, 0) is 74.7 Å². The van der Waals surface area contributed by atoms with Gasteiger partial charge in [-0.15, -0.1) is 11.6 Å².